The molecule has 0 saturated carbocycles. The van der Waals surface area contributed by atoms with Crippen LogP contribution >= 0.6 is 0 Å². The van der Waals surface area contributed by atoms with E-state index in [2.05, 4.69) is 67.0 Å². The molecule has 1 aromatic heterocycles. The monoisotopic (exact) mass is 535 g/mol. The van der Waals surface area contributed by atoms with Crippen LogP contribution in [-0.4, -0.2) is 47.3 Å². The molecule has 0 atom stereocenters. The Kier molecular flexibility index (Phi) is 9.09. The minimum atomic E-state index is -0.296. The number of amides is 2. The van der Waals surface area contributed by atoms with E-state index in [-0.39, 0.29) is 11.8 Å². The largest absolute Gasteiger partial charge is 0.381 e. The van der Waals surface area contributed by atoms with Gasteiger partial charge in [0.1, 0.15) is 0 Å². The van der Waals surface area contributed by atoms with Crippen molar-refractivity contribution in [2.75, 3.05) is 41.9 Å². The molecular formula is C31H33N7O2. The summed E-state index contributed by atoms with van der Waals surface area (Å²) in [6, 6.07) is 12.9. The number of allylic oxidation sites excluding steroid dienone is 4. The Morgan fingerprint density at radius 1 is 1.00 bits per heavy atom. The Bertz CT molecular complexity index is 1490. The molecule has 40 heavy (non-hydrogen) atoms. The fraction of sp³-hybridized carbons (Fsp3) is 0.161. The molecule has 4 N–H and O–H groups in total. The van der Waals surface area contributed by atoms with Crippen molar-refractivity contribution in [3.05, 3.63) is 114 Å². The number of hydrogen-bond donors (Lipinski definition) is 4. The average molecular weight is 536 g/mol. The van der Waals surface area contributed by atoms with Crippen LogP contribution in [0.4, 0.5) is 28.7 Å². The summed E-state index contributed by atoms with van der Waals surface area (Å²) < 4.78 is 0. The molecular weight excluding hydrogens is 502 g/mol. The highest BCUT2D eigenvalue weighted by molar-refractivity contribution is 6.05. The molecule has 0 unspecified atom stereocenters. The summed E-state index contributed by atoms with van der Waals surface area (Å²) >= 11 is 0. The smallest absolute Gasteiger partial charge is 0.256 e. The first-order valence-corrected chi connectivity index (χ1v) is 12.8. The first kappa shape index (κ1) is 27.8. The summed E-state index contributed by atoms with van der Waals surface area (Å²) in [4.78, 5) is 35.3. The number of aromatic nitrogens is 2. The Hall–Kier alpha value is -5.18. The van der Waals surface area contributed by atoms with Crippen LogP contribution in [0.3, 0.4) is 0 Å². The van der Waals surface area contributed by atoms with Gasteiger partial charge in [0.15, 0.2) is 0 Å². The van der Waals surface area contributed by atoms with E-state index < -0.39 is 0 Å². The fourth-order valence-electron chi connectivity index (χ4n) is 3.95. The normalized spacial score (nSPS) is 12.4. The van der Waals surface area contributed by atoms with Crippen molar-refractivity contribution in [3.8, 4) is 0 Å². The van der Waals surface area contributed by atoms with Gasteiger partial charge in [-0.3, -0.25) is 9.59 Å². The van der Waals surface area contributed by atoms with Crippen LogP contribution in [-0.2, 0) is 4.79 Å². The summed E-state index contributed by atoms with van der Waals surface area (Å²) in [6.45, 7) is 6.03. The van der Waals surface area contributed by atoms with E-state index in [1.54, 1.807) is 18.2 Å². The molecule has 0 spiro atoms. The van der Waals surface area contributed by atoms with Crippen molar-refractivity contribution in [2.24, 2.45) is 0 Å². The van der Waals surface area contributed by atoms with Gasteiger partial charge in [-0.1, -0.05) is 30.9 Å². The summed E-state index contributed by atoms with van der Waals surface area (Å²) in [5.41, 5.74) is 6.46. The molecule has 9 heteroatoms. The molecule has 9 nitrogen and oxygen atoms in total. The minimum absolute atomic E-state index is 0.245. The second-order valence-electron chi connectivity index (χ2n) is 9.45. The van der Waals surface area contributed by atoms with Crippen LogP contribution in [0, 0.1) is 6.92 Å². The number of nitrogens with zero attached hydrogens (tertiary/aromatic N) is 3. The number of carbonyl (C=O) groups is 2. The predicted octanol–water partition coefficient (Wildman–Crippen LogP) is 5.65. The second kappa shape index (κ2) is 13.1. The van der Waals surface area contributed by atoms with Gasteiger partial charge in [-0.2, -0.15) is 0 Å². The number of benzene rings is 2. The summed E-state index contributed by atoms with van der Waals surface area (Å²) in [5, 5.41) is 12.1. The Labute approximate surface area is 234 Å². The van der Waals surface area contributed by atoms with Crippen LogP contribution in [0.2, 0.25) is 0 Å². The van der Waals surface area contributed by atoms with Crippen LogP contribution in [0.1, 0.15) is 22.3 Å². The topological polar surface area (TPSA) is 111 Å². The van der Waals surface area contributed by atoms with Gasteiger partial charge in [0.2, 0.25) is 11.9 Å². The highest BCUT2D eigenvalue weighted by atomic mass is 16.2. The molecule has 4 rings (SSSR count). The van der Waals surface area contributed by atoms with E-state index >= 15 is 0 Å². The van der Waals surface area contributed by atoms with Crippen molar-refractivity contribution in [1.82, 2.24) is 14.9 Å². The van der Waals surface area contributed by atoms with Gasteiger partial charge in [-0.05, 0) is 73.0 Å². The van der Waals surface area contributed by atoms with Gasteiger partial charge in [0, 0.05) is 49.0 Å². The van der Waals surface area contributed by atoms with Gasteiger partial charge in [0.05, 0.1) is 18.1 Å². The fourth-order valence-corrected chi connectivity index (χ4v) is 3.95. The summed E-state index contributed by atoms with van der Waals surface area (Å²) in [6.07, 6.45) is 13.6. The first-order valence-electron chi connectivity index (χ1n) is 12.8. The number of anilines is 5. The van der Waals surface area contributed by atoms with Crippen LogP contribution in [0.5, 0.6) is 0 Å². The molecule has 0 fully saturated rings. The molecule has 1 aliphatic rings. The molecule has 1 heterocycles. The molecule has 0 radical (unpaired) electrons. The van der Waals surface area contributed by atoms with Crippen LogP contribution in [0.25, 0.3) is 0 Å². The molecule has 2 aromatic carbocycles. The van der Waals surface area contributed by atoms with E-state index in [1.807, 2.05) is 45.3 Å². The zero-order valence-electron chi connectivity index (χ0n) is 22.9. The van der Waals surface area contributed by atoms with Gasteiger partial charge in [-0.25, -0.2) is 9.97 Å². The molecule has 0 bridgehead atoms. The highest BCUT2D eigenvalue weighted by Crippen LogP contribution is 2.21. The van der Waals surface area contributed by atoms with E-state index in [0.29, 0.717) is 35.1 Å². The van der Waals surface area contributed by atoms with Crippen molar-refractivity contribution < 1.29 is 9.59 Å². The SMILES string of the molecule is C=CC(=O)Nc1cccc(Nc2ncc(NC(=O)c3cc(NCC4=CC(N(C)C)=CC=CC4)ccc3C)cn2)c1. The van der Waals surface area contributed by atoms with E-state index in [4.69, 9.17) is 0 Å². The maximum Gasteiger partial charge on any atom is 0.256 e. The third kappa shape index (κ3) is 7.67. The predicted molar refractivity (Wildman–Crippen MR) is 162 cm³/mol. The standard InChI is InChI=1S/C31H33N7O2/c1-5-29(39)35-24-10-8-11-25(16-24)37-31-33-19-26(20-34-31)36-30(40)28-17-23(14-13-21(28)2)32-18-22-9-6-7-12-27(15-22)38(3)4/h5-8,10-17,19-20,32H,1,9,18H2,2-4H3,(H,35,39)(H,36,40)(H,33,34,37). The molecule has 0 aliphatic heterocycles. The van der Waals surface area contributed by atoms with E-state index in [9.17, 15) is 9.59 Å². The summed E-state index contributed by atoms with van der Waals surface area (Å²) in [5.74, 6) is -0.191. The summed E-state index contributed by atoms with van der Waals surface area (Å²) in [7, 11) is 4.05. The van der Waals surface area contributed by atoms with Gasteiger partial charge >= 0.3 is 0 Å². The zero-order chi connectivity index (χ0) is 28.5. The average Bonchev–Trinajstić information content (AvgIpc) is 3.20. The van der Waals surface area contributed by atoms with Crippen LogP contribution < -0.4 is 21.3 Å². The maximum atomic E-state index is 13.1. The number of likely N-dealkylation sites (N-methyl/N-ethyl adjacent to an activating group) is 1. The maximum absolute atomic E-state index is 13.1. The van der Waals surface area contributed by atoms with E-state index in [1.165, 1.54) is 24.0 Å². The van der Waals surface area contributed by atoms with Crippen molar-refractivity contribution in [2.45, 2.75) is 13.3 Å². The Balaban J connectivity index is 1.38. The molecule has 1 aliphatic carbocycles. The lowest BCUT2D eigenvalue weighted by Crippen LogP contribution is -2.15. The number of hydrogen-bond acceptors (Lipinski definition) is 7. The first-order chi connectivity index (χ1) is 19.3. The minimum Gasteiger partial charge on any atom is -0.381 e. The van der Waals surface area contributed by atoms with Gasteiger partial charge in [0.25, 0.3) is 5.91 Å². The lowest BCUT2D eigenvalue weighted by Gasteiger charge is -2.15. The quantitative estimate of drug-likeness (QED) is 0.248. The molecule has 0 saturated heterocycles. The Morgan fingerprint density at radius 2 is 1.77 bits per heavy atom. The van der Waals surface area contributed by atoms with Gasteiger partial charge < -0.3 is 26.2 Å². The number of rotatable bonds is 10. The van der Waals surface area contributed by atoms with Crippen LogP contribution in [0.15, 0.2) is 103 Å². The number of carbonyl (C=O) groups excluding carboxylic acids is 2. The van der Waals surface area contributed by atoms with Crippen molar-refractivity contribution in [3.63, 3.8) is 0 Å². The van der Waals surface area contributed by atoms with Crippen molar-refractivity contribution in [1.29, 1.82) is 0 Å². The van der Waals surface area contributed by atoms with Crippen molar-refractivity contribution >= 4 is 40.5 Å². The third-order valence-electron chi connectivity index (χ3n) is 6.13. The Morgan fingerprint density at radius 3 is 2.52 bits per heavy atom. The van der Waals surface area contributed by atoms with Gasteiger partial charge in [-0.15, -0.1) is 0 Å². The molecule has 204 valence electrons. The zero-order valence-corrected chi connectivity index (χ0v) is 22.9. The highest BCUT2D eigenvalue weighted by Gasteiger charge is 2.12. The molecule has 2 amide bonds. The lowest BCUT2D eigenvalue weighted by molar-refractivity contribution is -0.111. The number of nitrogens with one attached hydrogen (secondary N) is 4. The van der Waals surface area contributed by atoms with E-state index in [0.717, 1.165) is 23.4 Å². The molecule has 3 aromatic rings. The third-order valence-corrected chi connectivity index (χ3v) is 6.13. The lowest BCUT2D eigenvalue weighted by atomic mass is 10.1. The number of aryl methyl sites for hydroxylation is 1. The second-order valence-corrected chi connectivity index (χ2v) is 9.45.